The molecule has 8 heteroatoms. The van der Waals surface area contributed by atoms with Crippen molar-refractivity contribution >= 4 is 28.4 Å². The molecule has 1 aromatic carbocycles. The van der Waals surface area contributed by atoms with Crippen molar-refractivity contribution in [3.05, 3.63) is 54.0 Å². The van der Waals surface area contributed by atoms with Crippen molar-refractivity contribution in [1.29, 1.82) is 0 Å². The van der Waals surface area contributed by atoms with Gasteiger partial charge in [-0.3, -0.25) is 19.7 Å². The molecule has 4 rings (SSSR count). The number of benzene rings is 1. The van der Waals surface area contributed by atoms with Crippen LogP contribution in [0.25, 0.3) is 10.9 Å². The number of hydrogen-bond acceptors (Lipinski definition) is 5. The van der Waals surface area contributed by atoms with E-state index in [1.807, 2.05) is 25.1 Å². The molecule has 0 radical (unpaired) electrons. The minimum atomic E-state index is -0.304. The number of fused-ring (bicyclic) bond motifs is 1. The molecule has 1 aliphatic rings. The molecule has 1 saturated heterocycles. The second-order valence-corrected chi connectivity index (χ2v) is 7.57. The molecule has 2 amide bonds. The van der Waals surface area contributed by atoms with Crippen molar-refractivity contribution < 1.29 is 14.3 Å². The molecule has 0 saturated carbocycles. The van der Waals surface area contributed by atoms with Crippen molar-refractivity contribution in [3.8, 4) is 0 Å². The normalized spacial score (nSPS) is 15.8. The van der Waals surface area contributed by atoms with E-state index in [4.69, 9.17) is 4.74 Å². The Morgan fingerprint density at radius 1 is 1.21 bits per heavy atom. The molecule has 3 N–H and O–H groups in total. The summed E-state index contributed by atoms with van der Waals surface area (Å²) in [5, 5.41) is 13.8. The van der Waals surface area contributed by atoms with Crippen LogP contribution in [0, 0.1) is 0 Å². The number of hydrogen-bond donors (Lipinski definition) is 3. The van der Waals surface area contributed by atoms with E-state index >= 15 is 0 Å². The Bertz CT molecular complexity index is 1040. The van der Waals surface area contributed by atoms with Gasteiger partial charge in [0.05, 0.1) is 18.1 Å². The lowest BCUT2D eigenvalue weighted by Crippen LogP contribution is -2.49. The highest BCUT2D eigenvalue weighted by Crippen LogP contribution is 2.20. The van der Waals surface area contributed by atoms with E-state index in [0.29, 0.717) is 18.9 Å². The SMILES string of the molecule is CC1(NC(=O)c2cc(NC(=O)Cc3ccc4cn[nH]c4c3)ccn2)CCOCC1. The molecule has 3 heterocycles. The third kappa shape index (κ3) is 4.60. The van der Waals surface area contributed by atoms with E-state index in [-0.39, 0.29) is 29.5 Å². The first-order chi connectivity index (χ1) is 14.0. The monoisotopic (exact) mass is 393 g/mol. The van der Waals surface area contributed by atoms with E-state index in [2.05, 4.69) is 25.8 Å². The summed E-state index contributed by atoms with van der Waals surface area (Å²) in [5.74, 6) is -0.423. The Morgan fingerprint density at radius 2 is 2.03 bits per heavy atom. The van der Waals surface area contributed by atoms with E-state index < -0.39 is 0 Å². The maximum Gasteiger partial charge on any atom is 0.270 e. The van der Waals surface area contributed by atoms with Crippen LogP contribution in [0.5, 0.6) is 0 Å². The zero-order chi connectivity index (χ0) is 20.3. The number of anilines is 1. The predicted octanol–water partition coefficient (Wildman–Crippen LogP) is 2.44. The molecule has 150 valence electrons. The Balaban J connectivity index is 1.40. The molecule has 1 fully saturated rings. The highest BCUT2D eigenvalue weighted by atomic mass is 16.5. The van der Waals surface area contributed by atoms with Crippen LogP contribution in [-0.4, -0.2) is 45.7 Å². The van der Waals surface area contributed by atoms with Crippen LogP contribution >= 0.6 is 0 Å². The average molecular weight is 393 g/mol. The van der Waals surface area contributed by atoms with Crippen molar-refractivity contribution in [3.63, 3.8) is 0 Å². The molecule has 29 heavy (non-hydrogen) atoms. The Morgan fingerprint density at radius 3 is 2.86 bits per heavy atom. The molecule has 0 atom stereocenters. The number of nitrogens with one attached hydrogen (secondary N) is 3. The van der Waals surface area contributed by atoms with Gasteiger partial charge in [-0.25, -0.2) is 0 Å². The lowest BCUT2D eigenvalue weighted by atomic mass is 9.92. The fourth-order valence-electron chi connectivity index (χ4n) is 3.40. The van der Waals surface area contributed by atoms with Crippen LogP contribution in [0.1, 0.15) is 35.8 Å². The van der Waals surface area contributed by atoms with Crippen LogP contribution in [0.4, 0.5) is 5.69 Å². The summed E-state index contributed by atoms with van der Waals surface area (Å²) >= 11 is 0. The molecular weight excluding hydrogens is 370 g/mol. The average Bonchev–Trinajstić information content (AvgIpc) is 3.16. The maximum absolute atomic E-state index is 12.6. The van der Waals surface area contributed by atoms with Crippen molar-refractivity contribution in [1.82, 2.24) is 20.5 Å². The van der Waals surface area contributed by atoms with E-state index in [0.717, 1.165) is 29.3 Å². The van der Waals surface area contributed by atoms with Gasteiger partial charge in [0.15, 0.2) is 0 Å². The first-order valence-electron chi connectivity index (χ1n) is 9.59. The summed E-state index contributed by atoms with van der Waals surface area (Å²) < 4.78 is 5.36. The quantitative estimate of drug-likeness (QED) is 0.617. The maximum atomic E-state index is 12.6. The molecule has 0 bridgehead atoms. The van der Waals surface area contributed by atoms with Gasteiger partial charge >= 0.3 is 0 Å². The van der Waals surface area contributed by atoms with Gasteiger partial charge in [-0.1, -0.05) is 12.1 Å². The number of ether oxygens (including phenoxy) is 1. The molecule has 0 aliphatic carbocycles. The van der Waals surface area contributed by atoms with Crippen LogP contribution < -0.4 is 10.6 Å². The number of carbonyl (C=O) groups excluding carboxylic acids is 2. The number of carbonyl (C=O) groups is 2. The van der Waals surface area contributed by atoms with Crippen LogP contribution in [0.2, 0.25) is 0 Å². The van der Waals surface area contributed by atoms with Gasteiger partial charge in [-0.05, 0) is 43.5 Å². The third-order valence-corrected chi connectivity index (χ3v) is 5.16. The topological polar surface area (TPSA) is 109 Å². The van der Waals surface area contributed by atoms with Gasteiger partial charge < -0.3 is 15.4 Å². The molecule has 0 spiro atoms. The number of pyridine rings is 1. The summed E-state index contributed by atoms with van der Waals surface area (Å²) in [6.45, 7) is 3.27. The first kappa shape index (κ1) is 19.1. The van der Waals surface area contributed by atoms with Crippen molar-refractivity contribution in [2.45, 2.75) is 31.7 Å². The summed E-state index contributed by atoms with van der Waals surface area (Å²) in [6.07, 6.45) is 5.00. The molecular formula is C21H23N5O3. The number of amides is 2. The number of nitrogens with zero attached hydrogens (tertiary/aromatic N) is 2. The van der Waals surface area contributed by atoms with Gasteiger partial charge in [0.25, 0.3) is 5.91 Å². The smallest absolute Gasteiger partial charge is 0.270 e. The van der Waals surface area contributed by atoms with Gasteiger partial charge in [-0.2, -0.15) is 5.10 Å². The van der Waals surface area contributed by atoms with Gasteiger partial charge in [0.2, 0.25) is 5.91 Å². The lowest BCUT2D eigenvalue weighted by Gasteiger charge is -2.34. The van der Waals surface area contributed by atoms with E-state index in [1.165, 1.54) is 6.20 Å². The predicted molar refractivity (Wildman–Crippen MR) is 109 cm³/mol. The van der Waals surface area contributed by atoms with Gasteiger partial charge in [0, 0.05) is 36.0 Å². The van der Waals surface area contributed by atoms with E-state index in [9.17, 15) is 9.59 Å². The van der Waals surface area contributed by atoms with Crippen molar-refractivity contribution in [2.75, 3.05) is 18.5 Å². The van der Waals surface area contributed by atoms with Crippen LogP contribution in [-0.2, 0) is 16.0 Å². The summed E-state index contributed by atoms with van der Waals surface area (Å²) in [4.78, 5) is 29.2. The molecule has 3 aromatic rings. The summed E-state index contributed by atoms with van der Waals surface area (Å²) in [6, 6.07) is 8.99. The lowest BCUT2D eigenvalue weighted by molar-refractivity contribution is -0.115. The molecule has 8 nitrogen and oxygen atoms in total. The standard InChI is InChI=1S/C21H23N5O3/c1-21(5-8-29-9-6-21)25-20(28)18-12-16(4-7-22-18)24-19(27)11-14-2-3-15-13-23-26-17(15)10-14/h2-4,7,10,12-13H,5-6,8-9,11H2,1H3,(H,23,26)(H,25,28)(H,22,24,27). The third-order valence-electron chi connectivity index (χ3n) is 5.16. The van der Waals surface area contributed by atoms with Crippen molar-refractivity contribution in [2.24, 2.45) is 0 Å². The number of aromatic nitrogens is 3. The highest BCUT2D eigenvalue weighted by Gasteiger charge is 2.29. The Labute approximate surface area is 168 Å². The minimum absolute atomic E-state index is 0.169. The molecule has 0 unspecified atom stereocenters. The fourth-order valence-corrected chi connectivity index (χ4v) is 3.40. The van der Waals surface area contributed by atoms with Crippen LogP contribution in [0.15, 0.2) is 42.7 Å². The summed E-state index contributed by atoms with van der Waals surface area (Å²) in [7, 11) is 0. The van der Waals surface area contributed by atoms with Crippen LogP contribution in [0.3, 0.4) is 0 Å². The second-order valence-electron chi connectivity index (χ2n) is 7.57. The molecule has 1 aliphatic heterocycles. The zero-order valence-electron chi connectivity index (χ0n) is 16.2. The number of H-pyrrole nitrogens is 1. The number of rotatable bonds is 5. The Kier molecular flexibility index (Phi) is 5.26. The molecule has 2 aromatic heterocycles. The van der Waals surface area contributed by atoms with E-state index in [1.54, 1.807) is 18.3 Å². The second kappa shape index (κ2) is 8.00. The fraction of sp³-hybridized carbons (Fsp3) is 0.333. The van der Waals surface area contributed by atoms with Gasteiger partial charge in [0.1, 0.15) is 5.69 Å². The number of aromatic amines is 1. The van der Waals surface area contributed by atoms with Gasteiger partial charge in [-0.15, -0.1) is 0 Å². The Hall–Kier alpha value is -3.26. The summed E-state index contributed by atoms with van der Waals surface area (Å²) in [5.41, 5.74) is 2.27. The largest absolute Gasteiger partial charge is 0.381 e. The highest BCUT2D eigenvalue weighted by molar-refractivity contribution is 5.96. The minimum Gasteiger partial charge on any atom is -0.381 e. The first-order valence-corrected chi connectivity index (χ1v) is 9.59. The zero-order valence-corrected chi connectivity index (χ0v) is 16.2.